The van der Waals surface area contributed by atoms with E-state index in [-0.39, 0.29) is 6.04 Å². The molecule has 5 heteroatoms. The van der Waals surface area contributed by atoms with Gasteiger partial charge in [-0.05, 0) is 65.0 Å². The lowest BCUT2D eigenvalue weighted by molar-refractivity contribution is -0.117. The van der Waals surface area contributed by atoms with Gasteiger partial charge >= 0.3 is 0 Å². The van der Waals surface area contributed by atoms with E-state index in [4.69, 9.17) is 4.99 Å². The minimum atomic E-state index is -0.00323. The van der Waals surface area contributed by atoms with E-state index in [0.717, 1.165) is 60.0 Å². The Morgan fingerprint density at radius 2 is 2.07 bits per heavy atom. The molecule has 0 aromatic carbocycles. The molecular formula is C25H38N4O. The number of aromatic nitrogens is 1. The molecule has 1 aliphatic carbocycles. The van der Waals surface area contributed by atoms with Crippen molar-refractivity contribution in [3.63, 3.8) is 0 Å². The minimum Gasteiger partial charge on any atom is -0.375 e. The van der Waals surface area contributed by atoms with Crippen LogP contribution >= 0.6 is 0 Å². The number of aryl methyl sites for hydroxylation is 1. The van der Waals surface area contributed by atoms with Crippen molar-refractivity contribution in [1.29, 1.82) is 0 Å². The molecule has 0 spiro atoms. The quantitative estimate of drug-likeness (QED) is 0.271. The van der Waals surface area contributed by atoms with Crippen LogP contribution in [0.3, 0.4) is 0 Å². The van der Waals surface area contributed by atoms with Gasteiger partial charge in [-0.1, -0.05) is 26.3 Å². The highest BCUT2D eigenvalue weighted by molar-refractivity contribution is 6.00. The van der Waals surface area contributed by atoms with Crippen molar-refractivity contribution < 1.29 is 4.79 Å². The minimum absolute atomic E-state index is 0.00323. The highest BCUT2D eigenvalue weighted by Gasteiger charge is 2.22. The number of rotatable bonds is 12. The summed E-state index contributed by atoms with van der Waals surface area (Å²) in [5.74, 6) is 1.51. The van der Waals surface area contributed by atoms with Gasteiger partial charge in [-0.25, -0.2) is 4.99 Å². The van der Waals surface area contributed by atoms with E-state index in [2.05, 4.69) is 29.5 Å². The van der Waals surface area contributed by atoms with Gasteiger partial charge in [0, 0.05) is 54.1 Å². The molecule has 0 bridgehead atoms. The summed E-state index contributed by atoms with van der Waals surface area (Å²) in [5, 5.41) is 0. The monoisotopic (exact) mass is 410 g/mol. The van der Waals surface area contributed by atoms with Crippen molar-refractivity contribution in [3.05, 3.63) is 53.3 Å². The van der Waals surface area contributed by atoms with E-state index in [1.54, 1.807) is 4.90 Å². The first-order chi connectivity index (χ1) is 14.3. The van der Waals surface area contributed by atoms with E-state index in [1.807, 2.05) is 47.0 Å². The molecular weight excluding hydrogens is 372 g/mol. The zero-order chi connectivity index (χ0) is 22.3. The SMILES string of the molecule is C=C(/C(C)=C(/N=C(C)c1cccnc1CCC1CC1)N(C=O)C(C)C)N(C)CCC. The summed E-state index contributed by atoms with van der Waals surface area (Å²) in [6.07, 6.45) is 8.60. The average molecular weight is 411 g/mol. The van der Waals surface area contributed by atoms with Crippen molar-refractivity contribution in [2.45, 2.75) is 72.8 Å². The van der Waals surface area contributed by atoms with Crippen LogP contribution in [0.1, 0.15) is 71.6 Å². The van der Waals surface area contributed by atoms with Gasteiger partial charge in [0.1, 0.15) is 5.82 Å². The maximum atomic E-state index is 11.9. The lowest BCUT2D eigenvalue weighted by Crippen LogP contribution is -2.30. The molecule has 1 heterocycles. The molecule has 2 rings (SSSR count). The van der Waals surface area contributed by atoms with Crippen LogP contribution in [0.15, 0.2) is 47.0 Å². The molecule has 1 fully saturated rings. The van der Waals surface area contributed by atoms with E-state index in [0.29, 0.717) is 5.82 Å². The van der Waals surface area contributed by atoms with Gasteiger partial charge in [0.15, 0.2) is 0 Å². The molecule has 1 saturated carbocycles. The number of pyridine rings is 1. The number of likely N-dealkylation sites (N-methyl/N-ethyl adjacent to an activating group) is 1. The number of carbonyl (C=O) groups is 1. The fourth-order valence-electron chi connectivity index (χ4n) is 3.57. The van der Waals surface area contributed by atoms with E-state index in [1.165, 1.54) is 19.3 Å². The van der Waals surface area contributed by atoms with Gasteiger partial charge in [-0.2, -0.15) is 0 Å². The Balaban J connectivity index is 2.46. The Hall–Kier alpha value is -2.43. The summed E-state index contributed by atoms with van der Waals surface area (Å²) in [6, 6.07) is 4.04. The van der Waals surface area contributed by atoms with Crippen LogP contribution in [0.4, 0.5) is 0 Å². The first kappa shape index (κ1) is 23.8. The van der Waals surface area contributed by atoms with Crippen LogP contribution in [0, 0.1) is 5.92 Å². The normalized spacial score (nSPS) is 15.1. The third kappa shape index (κ3) is 6.28. The molecule has 1 aromatic heterocycles. The molecule has 0 unspecified atom stereocenters. The molecule has 1 aromatic rings. The van der Waals surface area contributed by atoms with Gasteiger partial charge in [0.05, 0.1) is 0 Å². The van der Waals surface area contributed by atoms with Gasteiger partial charge < -0.3 is 4.90 Å². The average Bonchev–Trinajstić information content (AvgIpc) is 3.55. The fraction of sp³-hybridized carbons (Fsp3) is 0.560. The van der Waals surface area contributed by atoms with E-state index >= 15 is 0 Å². The summed E-state index contributed by atoms with van der Waals surface area (Å²) in [4.78, 5) is 25.4. The molecule has 0 atom stereocenters. The maximum Gasteiger partial charge on any atom is 0.215 e. The zero-order valence-corrected chi connectivity index (χ0v) is 19.6. The second-order valence-electron chi connectivity index (χ2n) is 8.60. The van der Waals surface area contributed by atoms with E-state index in [9.17, 15) is 4.79 Å². The van der Waals surface area contributed by atoms with Crippen LogP contribution < -0.4 is 0 Å². The van der Waals surface area contributed by atoms with Crippen molar-refractivity contribution in [2.24, 2.45) is 10.9 Å². The number of hydrogen-bond donors (Lipinski definition) is 0. The summed E-state index contributed by atoms with van der Waals surface area (Å²) in [5.41, 5.74) is 4.82. The maximum absolute atomic E-state index is 11.9. The summed E-state index contributed by atoms with van der Waals surface area (Å²) >= 11 is 0. The Kier molecular flexibility index (Phi) is 8.82. The molecule has 0 aliphatic heterocycles. The standard InChI is InChI=1S/C25H38N4O/c1-8-16-28(7)21(6)19(4)25(29(17-30)18(2)3)27-20(5)23-10-9-15-26-24(23)14-13-22-11-12-22/h9-10,15,17-18,22H,6,8,11-14,16H2,1-5,7H3/b25-19-,27-20?. The van der Waals surface area contributed by atoms with Crippen molar-refractivity contribution in [1.82, 2.24) is 14.8 Å². The smallest absolute Gasteiger partial charge is 0.215 e. The number of carbonyl (C=O) groups excluding carboxylic acids is 1. The topological polar surface area (TPSA) is 48.8 Å². The van der Waals surface area contributed by atoms with Crippen LogP contribution in [-0.2, 0) is 11.2 Å². The molecule has 164 valence electrons. The molecule has 5 nitrogen and oxygen atoms in total. The van der Waals surface area contributed by atoms with Crippen LogP contribution in [0.25, 0.3) is 0 Å². The van der Waals surface area contributed by atoms with Gasteiger partial charge in [-0.15, -0.1) is 0 Å². The number of allylic oxidation sites excluding steroid dienone is 1. The van der Waals surface area contributed by atoms with Crippen molar-refractivity contribution in [3.8, 4) is 0 Å². The Morgan fingerprint density at radius 1 is 1.37 bits per heavy atom. The van der Waals surface area contributed by atoms with Gasteiger partial charge in [-0.3, -0.25) is 14.7 Å². The van der Waals surface area contributed by atoms with Crippen LogP contribution in [0.5, 0.6) is 0 Å². The predicted octanol–water partition coefficient (Wildman–Crippen LogP) is 5.19. The van der Waals surface area contributed by atoms with Crippen molar-refractivity contribution >= 4 is 12.1 Å². The molecule has 1 aliphatic rings. The summed E-state index contributed by atoms with van der Waals surface area (Å²) < 4.78 is 0. The largest absolute Gasteiger partial charge is 0.375 e. The molecule has 0 radical (unpaired) electrons. The third-order valence-electron chi connectivity index (χ3n) is 5.74. The Bertz CT molecular complexity index is 805. The van der Waals surface area contributed by atoms with Crippen LogP contribution in [0.2, 0.25) is 0 Å². The Morgan fingerprint density at radius 3 is 2.63 bits per heavy atom. The number of nitrogens with zero attached hydrogens (tertiary/aromatic N) is 4. The van der Waals surface area contributed by atoms with Crippen LogP contribution in [-0.4, -0.2) is 46.5 Å². The molecule has 0 saturated heterocycles. The zero-order valence-electron chi connectivity index (χ0n) is 19.6. The second kappa shape index (κ2) is 11.1. The molecule has 0 N–H and O–H groups in total. The number of amides is 1. The third-order valence-corrected chi connectivity index (χ3v) is 5.74. The van der Waals surface area contributed by atoms with E-state index < -0.39 is 0 Å². The number of hydrogen-bond acceptors (Lipinski definition) is 4. The molecule has 30 heavy (non-hydrogen) atoms. The first-order valence-corrected chi connectivity index (χ1v) is 11.1. The molecule has 1 amide bonds. The van der Waals surface area contributed by atoms with Gasteiger partial charge in [0.25, 0.3) is 0 Å². The number of aliphatic imine (C=N–C) groups is 1. The summed E-state index contributed by atoms with van der Waals surface area (Å²) in [7, 11) is 2.03. The first-order valence-electron chi connectivity index (χ1n) is 11.1. The van der Waals surface area contributed by atoms with Crippen molar-refractivity contribution in [2.75, 3.05) is 13.6 Å². The lowest BCUT2D eigenvalue weighted by atomic mass is 10.0. The predicted molar refractivity (Wildman–Crippen MR) is 125 cm³/mol. The van der Waals surface area contributed by atoms with Gasteiger partial charge in [0.2, 0.25) is 6.41 Å². The summed E-state index contributed by atoms with van der Waals surface area (Å²) in [6.45, 7) is 15.3. The highest BCUT2D eigenvalue weighted by atomic mass is 16.1. The Labute approximate surface area is 182 Å². The second-order valence-corrected chi connectivity index (χ2v) is 8.60. The highest BCUT2D eigenvalue weighted by Crippen LogP contribution is 2.33. The lowest BCUT2D eigenvalue weighted by Gasteiger charge is -2.28. The fourth-order valence-corrected chi connectivity index (χ4v) is 3.57.